The van der Waals surface area contributed by atoms with Crippen molar-refractivity contribution in [3.05, 3.63) is 42.5 Å². The summed E-state index contributed by atoms with van der Waals surface area (Å²) in [5, 5.41) is 11.0. The first-order valence-electron chi connectivity index (χ1n) is 9.61. The van der Waals surface area contributed by atoms with Crippen molar-refractivity contribution in [3.8, 4) is 0 Å². The Hall–Kier alpha value is -1.96. The molecule has 0 aromatic heterocycles. The number of amides is 1. The quantitative estimate of drug-likeness (QED) is 0.490. The van der Waals surface area contributed by atoms with Gasteiger partial charge >= 0.3 is 0 Å². The van der Waals surface area contributed by atoms with Crippen molar-refractivity contribution in [3.63, 3.8) is 0 Å². The van der Waals surface area contributed by atoms with E-state index in [4.69, 9.17) is 0 Å². The van der Waals surface area contributed by atoms with E-state index in [1.165, 1.54) is 4.31 Å². The average molecular weight is 407 g/mol. The van der Waals surface area contributed by atoms with Gasteiger partial charge in [-0.05, 0) is 47.6 Å². The predicted octanol–water partition coefficient (Wildman–Crippen LogP) is 3.80. The van der Waals surface area contributed by atoms with Gasteiger partial charge in [-0.2, -0.15) is 4.31 Å². The summed E-state index contributed by atoms with van der Waals surface area (Å²) in [6, 6.07) is 11.5. The van der Waals surface area contributed by atoms with Crippen LogP contribution in [0.4, 0.5) is 0 Å². The van der Waals surface area contributed by atoms with E-state index in [0.29, 0.717) is 12.8 Å². The second-order valence-corrected chi connectivity index (χ2v) is 9.82. The van der Waals surface area contributed by atoms with Crippen LogP contribution in [0.5, 0.6) is 0 Å². The molecule has 0 aliphatic carbocycles. The first kappa shape index (κ1) is 22.3. The molecule has 1 amide bonds. The molecule has 0 bridgehead atoms. The number of nitrogens with zero attached hydrogens (tertiary/aromatic N) is 1. The van der Waals surface area contributed by atoms with Gasteiger partial charge in [0.1, 0.15) is 6.04 Å². The van der Waals surface area contributed by atoms with E-state index >= 15 is 0 Å². The van der Waals surface area contributed by atoms with E-state index in [9.17, 15) is 18.4 Å². The van der Waals surface area contributed by atoms with Gasteiger partial charge in [-0.15, -0.1) is 0 Å². The number of benzene rings is 2. The summed E-state index contributed by atoms with van der Waals surface area (Å²) in [7, 11) is -3.93. The maximum Gasteiger partial charge on any atom is 0.261 e. The fourth-order valence-electron chi connectivity index (χ4n) is 3.17. The first-order valence-corrected chi connectivity index (χ1v) is 11.1. The van der Waals surface area contributed by atoms with Crippen molar-refractivity contribution in [2.24, 2.45) is 11.8 Å². The summed E-state index contributed by atoms with van der Waals surface area (Å²) in [6.07, 6.45) is 0.928. The largest absolute Gasteiger partial charge is 0.289 e. The number of rotatable bonds is 9. The first-order chi connectivity index (χ1) is 13.2. The molecule has 6 nitrogen and oxygen atoms in total. The van der Waals surface area contributed by atoms with Crippen LogP contribution in [-0.4, -0.2) is 36.4 Å². The summed E-state index contributed by atoms with van der Waals surface area (Å²) in [4.78, 5) is 12.5. The number of carbonyl (C=O) groups is 1. The van der Waals surface area contributed by atoms with E-state index in [-0.39, 0.29) is 23.3 Å². The molecule has 0 heterocycles. The topological polar surface area (TPSA) is 86.7 Å². The Balaban J connectivity index is 2.52. The van der Waals surface area contributed by atoms with E-state index in [1.54, 1.807) is 23.7 Å². The minimum absolute atomic E-state index is 0.0793. The zero-order chi connectivity index (χ0) is 20.9. The molecule has 0 fully saturated rings. The van der Waals surface area contributed by atoms with Crippen molar-refractivity contribution in [2.75, 3.05) is 6.54 Å². The Kier molecular flexibility index (Phi) is 7.57. The third-order valence-electron chi connectivity index (χ3n) is 4.71. The van der Waals surface area contributed by atoms with Gasteiger partial charge in [0.15, 0.2) is 0 Å². The Morgan fingerprint density at radius 1 is 1.04 bits per heavy atom. The lowest BCUT2D eigenvalue weighted by Crippen LogP contribution is -2.50. The molecular weight excluding hydrogens is 376 g/mol. The van der Waals surface area contributed by atoms with Crippen molar-refractivity contribution < 1.29 is 18.4 Å². The molecule has 2 rings (SSSR count). The van der Waals surface area contributed by atoms with E-state index in [2.05, 4.69) is 0 Å². The van der Waals surface area contributed by atoms with Crippen molar-refractivity contribution in [1.29, 1.82) is 0 Å². The van der Waals surface area contributed by atoms with Crippen molar-refractivity contribution in [1.82, 2.24) is 9.79 Å². The molecule has 28 heavy (non-hydrogen) atoms. The maximum atomic E-state index is 13.5. The molecule has 0 aliphatic rings. The summed E-state index contributed by atoms with van der Waals surface area (Å²) in [5.74, 6) is -0.358. The maximum absolute atomic E-state index is 13.5. The van der Waals surface area contributed by atoms with Crippen LogP contribution in [0.25, 0.3) is 10.8 Å². The predicted molar refractivity (Wildman–Crippen MR) is 110 cm³/mol. The van der Waals surface area contributed by atoms with Crippen LogP contribution in [0.3, 0.4) is 0 Å². The molecule has 0 unspecified atom stereocenters. The Morgan fingerprint density at radius 2 is 1.68 bits per heavy atom. The van der Waals surface area contributed by atoms with Gasteiger partial charge in [0.25, 0.3) is 5.91 Å². The number of carbonyl (C=O) groups excluding carboxylic acids is 1. The van der Waals surface area contributed by atoms with E-state index in [1.807, 2.05) is 52.0 Å². The monoisotopic (exact) mass is 406 g/mol. The number of fused-ring (bicyclic) bond motifs is 1. The van der Waals surface area contributed by atoms with Gasteiger partial charge in [-0.1, -0.05) is 58.0 Å². The fourth-order valence-corrected chi connectivity index (χ4v) is 4.82. The minimum Gasteiger partial charge on any atom is -0.289 e. The highest BCUT2D eigenvalue weighted by molar-refractivity contribution is 7.89. The van der Waals surface area contributed by atoms with Crippen LogP contribution in [0.2, 0.25) is 0 Å². The Bertz CT molecular complexity index is 910. The van der Waals surface area contributed by atoms with Gasteiger partial charge in [-0.25, -0.2) is 13.9 Å². The van der Waals surface area contributed by atoms with Gasteiger partial charge in [0.05, 0.1) is 4.90 Å². The van der Waals surface area contributed by atoms with Crippen molar-refractivity contribution in [2.45, 2.75) is 51.5 Å². The molecule has 0 aliphatic heterocycles. The zero-order valence-electron chi connectivity index (χ0n) is 16.9. The molecule has 0 saturated heterocycles. The molecule has 154 valence electrons. The summed E-state index contributed by atoms with van der Waals surface area (Å²) < 4.78 is 28.2. The molecule has 0 radical (unpaired) electrons. The zero-order valence-corrected chi connectivity index (χ0v) is 17.7. The van der Waals surface area contributed by atoms with Crippen LogP contribution in [0, 0.1) is 11.8 Å². The normalized spacial score (nSPS) is 13.4. The molecule has 7 heteroatoms. The number of hydroxylamine groups is 1. The molecule has 0 saturated carbocycles. The minimum atomic E-state index is -3.93. The lowest BCUT2D eigenvalue weighted by molar-refractivity contribution is -0.133. The average Bonchev–Trinajstić information content (AvgIpc) is 2.65. The number of hydrogen-bond donors (Lipinski definition) is 2. The fraction of sp³-hybridized carbons (Fsp3) is 0.476. The highest BCUT2D eigenvalue weighted by atomic mass is 32.2. The lowest BCUT2D eigenvalue weighted by atomic mass is 10.0. The van der Waals surface area contributed by atoms with Crippen molar-refractivity contribution >= 4 is 26.7 Å². The third-order valence-corrected chi connectivity index (χ3v) is 6.61. The third kappa shape index (κ3) is 5.31. The Labute approximate surface area is 167 Å². The lowest BCUT2D eigenvalue weighted by Gasteiger charge is -2.31. The second-order valence-electron chi connectivity index (χ2n) is 7.93. The number of nitrogens with one attached hydrogen (secondary N) is 1. The number of hydrogen-bond acceptors (Lipinski definition) is 4. The smallest absolute Gasteiger partial charge is 0.261 e. The standard InChI is InChI=1S/C21H30N2O4S/c1-15(2)11-12-23(20(13-16(3)4)21(24)22-25)28(26,27)19-10-9-17-7-5-6-8-18(17)14-19/h5-10,14-16,20,25H,11-13H2,1-4H3,(H,22,24)/t20-/m1/s1. The van der Waals surface area contributed by atoms with Gasteiger partial charge in [0, 0.05) is 6.54 Å². The van der Waals surface area contributed by atoms with Crippen LogP contribution < -0.4 is 5.48 Å². The molecule has 2 N–H and O–H groups in total. The Morgan fingerprint density at radius 3 is 2.25 bits per heavy atom. The van der Waals surface area contributed by atoms with Crippen LogP contribution in [-0.2, 0) is 14.8 Å². The molecule has 2 aromatic carbocycles. The van der Waals surface area contributed by atoms with Gasteiger partial charge in [0.2, 0.25) is 10.0 Å². The number of sulfonamides is 1. The van der Waals surface area contributed by atoms with Crippen LogP contribution >= 0.6 is 0 Å². The second kappa shape index (κ2) is 9.49. The van der Waals surface area contributed by atoms with Gasteiger partial charge < -0.3 is 0 Å². The highest BCUT2D eigenvalue weighted by Crippen LogP contribution is 2.26. The summed E-state index contributed by atoms with van der Waals surface area (Å²) in [5.41, 5.74) is 1.65. The van der Waals surface area contributed by atoms with Crippen LogP contribution in [0.1, 0.15) is 40.5 Å². The molecular formula is C21H30N2O4S. The van der Waals surface area contributed by atoms with E-state index in [0.717, 1.165) is 10.8 Å². The summed E-state index contributed by atoms with van der Waals surface area (Å²) in [6.45, 7) is 8.05. The van der Waals surface area contributed by atoms with Gasteiger partial charge in [-0.3, -0.25) is 10.0 Å². The molecule has 2 aromatic rings. The molecule has 1 atom stereocenters. The highest BCUT2D eigenvalue weighted by Gasteiger charge is 2.36. The van der Waals surface area contributed by atoms with Crippen LogP contribution in [0.15, 0.2) is 47.4 Å². The van der Waals surface area contributed by atoms with E-state index < -0.39 is 22.0 Å². The molecule has 0 spiro atoms. The SMILES string of the molecule is CC(C)CCN([C@H](CC(C)C)C(=O)NO)S(=O)(=O)c1ccc2ccccc2c1. The summed E-state index contributed by atoms with van der Waals surface area (Å²) >= 11 is 0.